The van der Waals surface area contributed by atoms with Crippen LogP contribution in [0.2, 0.25) is 0 Å². The Morgan fingerprint density at radius 3 is 2.54 bits per heavy atom. The standard InChI is InChI=1S/C21H24FN3O3/c1-15(21(26)23-18-5-3-17(22)4-6-18)25-10-8-24(9-11-25)13-16-2-7-19-20(12-16)28-14-27-19/h2-7,12,15H,8-11,13-14H2,1H3,(H,23,26)/t15-/m1/s1. The summed E-state index contributed by atoms with van der Waals surface area (Å²) in [7, 11) is 0. The summed E-state index contributed by atoms with van der Waals surface area (Å²) in [5.74, 6) is 1.22. The number of hydrogen-bond donors (Lipinski definition) is 1. The van der Waals surface area contributed by atoms with Crippen molar-refractivity contribution in [3.8, 4) is 11.5 Å². The highest BCUT2D eigenvalue weighted by atomic mass is 19.1. The Hall–Kier alpha value is -2.64. The van der Waals surface area contributed by atoms with E-state index in [9.17, 15) is 9.18 Å². The van der Waals surface area contributed by atoms with Crippen LogP contribution in [-0.2, 0) is 11.3 Å². The molecule has 1 atom stereocenters. The van der Waals surface area contributed by atoms with Gasteiger partial charge in [-0.15, -0.1) is 0 Å². The minimum absolute atomic E-state index is 0.0733. The number of halogens is 1. The molecule has 0 unspecified atom stereocenters. The predicted molar refractivity (Wildman–Crippen MR) is 104 cm³/mol. The van der Waals surface area contributed by atoms with E-state index in [2.05, 4.69) is 21.2 Å². The van der Waals surface area contributed by atoms with Crippen molar-refractivity contribution in [2.24, 2.45) is 0 Å². The van der Waals surface area contributed by atoms with E-state index in [1.165, 1.54) is 17.7 Å². The minimum Gasteiger partial charge on any atom is -0.454 e. The quantitative estimate of drug-likeness (QED) is 0.858. The number of anilines is 1. The fourth-order valence-corrected chi connectivity index (χ4v) is 3.55. The Bertz CT molecular complexity index is 835. The summed E-state index contributed by atoms with van der Waals surface area (Å²) >= 11 is 0. The van der Waals surface area contributed by atoms with Gasteiger partial charge in [-0.05, 0) is 48.9 Å². The smallest absolute Gasteiger partial charge is 0.241 e. The summed E-state index contributed by atoms with van der Waals surface area (Å²) < 4.78 is 23.8. The SMILES string of the molecule is C[C@H](C(=O)Nc1ccc(F)cc1)N1CCN(Cc2ccc3c(c2)OCO3)CC1. The van der Waals surface area contributed by atoms with E-state index in [4.69, 9.17) is 9.47 Å². The molecule has 2 aromatic rings. The van der Waals surface area contributed by atoms with E-state index in [1.807, 2.05) is 19.1 Å². The number of carbonyl (C=O) groups excluding carboxylic acids is 1. The number of fused-ring (bicyclic) bond motifs is 1. The Morgan fingerprint density at radius 2 is 1.79 bits per heavy atom. The lowest BCUT2D eigenvalue weighted by molar-refractivity contribution is -0.121. The van der Waals surface area contributed by atoms with Crippen LogP contribution in [0.25, 0.3) is 0 Å². The third-order valence-corrected chi connectivity index (χ3v) is 5.29. The van der Waals surface area contributed by atoms with E-state index in [0.717, 1.165) is 44.2 Å². The zero-order chi connectivity index (χ0) is 19.5. The van der Waals surface area contributed by atoms with Crippen molar-refractivity contribution in [2.45, 2.75) is 19.5 Å². The van der Waals surface area contributed by atoms with Crippen LogP contribution >= 0.6 is 0 Å². The first kappa shape index (κ1) is 18.7. The lowest BCUT2D eigenvalue weighted by atomic mass is 10.1. The maximum Gasteiger partial charge on any atom is 0.241 e. The molecule has 0 radical (unpaired) electrons. The molecule has 0 aliphatic carbocycles. The molecule has 1 N–H and O–H groups in total. The molecule has 0 spiro atoms. The van der Waals surface area contributed by atoms with Gasteiger partial charge in [0.05, 0.1) is 6.04 Å². The van der Waals surface area contributed by atoms with Crippen molar-refractivity contribution in [2.75, 3.05) is 38.3 Å². The van der Waals surface area contributed by atoms with Gasteiger partial charge in [0.1, 0.15) is 5.82 Å². The summed E-state index contributed by atoms with van der Waals surface area (Å²) in [5, 5.41) is 2.85. The molecule has 148 valence electrons. The van der Waals surface area contributed by atoms with Crippen LogP contribution in [0.3, 0.4) is 0 Å². The number of nitrogens with zero attached hydrogens (tertiary/aromatic N) is 2. The molecule has 1 amide bonds. The van der Waals surface area contributed by atoms with Crippen molar-refractivity contribution in [1.82, 2.24) is 9.80 Å². The molecular formula is C21H24FN3O3. The molecule has 7 heteroatoms. The number of hydrogen-bond acceptors (Lipinski definition) is 5. The van der Waals surface area contributed by atoms with Crippen LogP contribution < -0.4 is 14.8 Å². The third kappa shape index (κ3) is 4.26. The monoisotopic (exact) mass is 385 g/mol. The number of ether oxygens (including phenoxy) is 2. The average molecular weight is 385 g/mol. The second kappa shape index (κ2) is 8.16. The topological polar surface area (TPSA) is 54.0 Å². The second-order valence-corrected chi connectivity index (χ2v) is 7.17. The molecule has 2 heterocycles. The molecule has 28 heavy (non-hydrogen) atoms. The number of nitrogens with one attached hydrogen (secondary N) is 1. The van der Waals surface area contributed by atoms with Gasteiger partial charge >= 0.3 is 0 Å². The van der Waals surface area contributed by atoms with Crippen LogP contribution in [0.1, 0.15) is 12.5 Å². The van der Waals surface area contributed by atoms with Crippen molar-refractivity contribution in [3.63, 3.8) is 0 Å². The molecule has 2 aromatic carbocycles. The van der Waals surface area contributed by atoms with E-state index in [0.29, 0.717) is 5.69 Å². The van der Waals surface area contributed by atoms with E-state index < -0.39 is 0 Å². The fourth-order valence-electron chi connectivity index (χ4n) is 3.55. The maximum atomic E-state index is 13.0. The largest absolute Gasteiger partial charge is 0.454 e. The highest BCUT2D eigenvalue weighted by Gasteiger charge is 2.26. The van der Waals surface area contributed by atoms with Crippen molar-refractivity contribution in [1.29, 1.82) is 0 Å². The van der Waals surface area contributed by atoms with Crippen molar-refractivity contribution < 1.29 is 18.7 Å². The highest BCUT2D eigenvalue weighted by Crippen LogP contribution is 2.32. The van der Waals surface area contributed by atoms with Crippen LogP contribution in [-0.4, -0.2) is 54.7 Å². The average Bonchev–Trinajstić information content (AvgIpc) is 3.17. The molecule has 2 aliphatic heterocycles. The minimum atomic E-state index is -0.315. The molecule has 6 nitrogen and oxygen atoms in total. The summed E-state index contributed by atoms with van der Waals surface area (Å²) in [6, 6.07) is 11.6. The molecule has 0 aromatic heterocycles. The Morgan fingerprint density at radius 1 is 1.07 bits per heavy atom. The Labute approximate surface area is 163 Å². The summed E-state index contributed by atoms with van der Waals surface area (Å²) in [4.78, 5) is 17.0. The first-order chi connectivity index (χ1) is 13.6. The van der Waals surface area contributed by atoms with Crippen LogP contribution in [0.15, 0.2) is 42.5 Å². The number of piperazine rings is 1. The molecule has 2 aliphatic rings. The zero-order valence-electron chi connectivity index (χ0n) is 15.9. The van der Waals surface area contributed by atoms with Crippen LogP contribution in [0.4, 0.5) is 10.1 Å². The zero-order valence-corrected chi connectivity index (χ0v) is 15.9. The van der Waals surface area contributed by atoms with E-state index in [-0.39, 0.29) is 24.6 Å². The number of amides is 1. The van der Waals surface area contributed by atoms with Crippen LogP contribution in [0, 0.1) is 5.82 Å². The first-order valence-corrected chi connectivity index (χ1v) is 9.50. The third-order valence-electron chi connectivity index (χ3n) is 5.29. The lowest BCUT2D eigenvalue weighted by Gasteiger charge is -2.37. The first-order valence-electron chi connectivity index (χ1n) is 9.50. The van der Waals surface area contributed by atoms with Gasteiger partial charge in [-0.25, -0.2) is 4.39 Å². The lowest BCUT2D eigenvalue weighted by Crippen LogP contribution is -2.52. The molecule has 1 saturated heterocycles. The second-order valence-electron chi connectivity index (χ2n) is 7.17. The Balaban J connectivity index is 1.27. The number of rotatable bonds is 5. The van der Waals surface area contributed by atoms with E-state index >= 15 is 0 Å². The molecule has 0 bridgehead atoms. The van der Waals surface area contributed by atoms with E-state index in [1.54, 1.807) is 12.1 Å². The molecule has 0 saturated carbocycles. The number of benzene rings is 2. The van der Waals surface area contributed by atoms with Gasteiger partial charge in [-0.1, -0.05) is 6.07 Å². The fraction of sp³-hybridized carbons (Fsp3) is 0.381. The summed E-state index contributed by atoms with van der Waals surface area (Å²) in [5.41, 5.74) is 1.81. The van der Waals surface area contributed by atoms with Crippen LogP contribution in [0.5, 0.6) is 11.5 Å². The van der Waals surface area contributed by atoms with Gasteiger partial charge in [-0.2, -0.15) is 0 Å². The Kier molecular flexibility index (Phi) is 5.45. The normalized spacial score (nSPS) is 18.1. The van der Waals surface area contributed by atoms with Crippen molar-refractivity contribution in [3.05, 3.63) is 53.8 Å². The highest BCUT2D eigenvalue weighted by molar-refractivity contribution is 5.94. The van der Waals surface area contributed by atoms with Gasteiger partial charge in [0.25, 0.3) is 0 Å². The molecule has 1 fully saturated rings. The summed E-state index contributed by atoms with van der Waals surface area (Å²) in [6.07, 6.45) is 0. The van der Waals surface area contributed by atoms with Crippen molar-refractivity contribution >= 4 is 11.6 Å². The van der Waals surface area contributed by atoms with Gasteiger partial charge in [-0.3, -0.25) is 14.6 Å². The summed E-state index contributed by atoms with van der Waals surface area (Å²) in [6.45, 7) is 6.47. The van der Waals surface area contributed by atoms with Gasteiger partial charge < -0.3 is 14.8 Å². The van der Waals surface area contributed by atoms with Gasteiger partial charge in [0.2, 0.25) is 12.7 Å². The molecular weight excluding hydrogens is 361 g/mol. The van der Waals surface area contributed by atoms with Gasteiger partial charge in [0.15, 0.2) is 11.5 Å². The number of carbonyl (C=O) groups is 1. The molecule has 4 rings (SSSR count). The predicted octanol–water partition coefficient (Wildman–Crippen LogP) is 2.70. The maximum absolute atomic E-state index is 13.0. The van der Waals surface area contributed by atoms with Gasteiger partial charge in [0, 0.05) is 38.4 Å².